The minimum atomic E-state index is -0.208. The lowest BCUT2D eigenvalue weighted by molar-refractivity contribution is -0.116. The first-order chi connectivity index (χ1) is 14.1. The molecular weight excluding hydrogens is 370 g/mol. The van der Waals surface area contributed by atoms with Gasteiger partial charge in [0, 0.05) is 42.3 Å². The smallest absolute Gasteiger partial charge is 0.244 e. The number of hydrogen-bond acceptors (Lipinski definition) is 5. The summed E-state index contributed by atoms with van der Waals surface area (Å²) in [4.78, 5) is 16.2. The predicted molar refractivity (Wildman–Crippen MR) is 111 cm³/mol. The van der Waals surface area contributed by atoms with Gasteiger partial charge in [0.2, 0.25) is 5.91 Å². The molecule has 0 aliphatic carbocycles. The Bertz CT molecular complexity index is 980. The van der Waals surface area contributed by atoms with Crippen LogP contribution in [-0.2, 0) is 11.3 Å². The first-order valence-electron chi connectivity index (χ1n) is 8.97. The van der Waals surface area contributed by atoms with Crippen LogP contribution in [0.25, 0.3) is 11.8 Å². The topological polar surface area (TPSA) is 74.6 Å². The van der Waals surface area contributed by atoms with Gasteiger partial charge in [0.15, 0.2) is 11.5 Å². The lowest BCUT2D eigenvalue weighted by Crippen LogP contribution is -2.20. The highest BCUT2D eigenvalue weighted by Crippen LogP contribution is 2.34. The molecule has 1 aromatic heterocycles. The zero-order valence-corrected chi connectivity index (χ0v) is 16.6. The molecule has 0 spiro atoms. The Morgan fingerprint density at radius 3 is 2.34 bits per heavy atom. The number of nitrogens with zero attached hydrogens (tertiary/aromatic N) is 2. The molecule has 150 valence electrons. The van der Waals surface area contributed by atoms with Crippen LogP contribution in [0.15, 0.2) is 61.2 Å². The number of benzene rings is 2. The number of nitrogens with one attached hydrogen (secondary N) is 1. The maximum Gasteiger partial charge on any atom is 0.244 e. The maximum atomic E-state index is 12.2. The van der Waals surface area contributed by atoms with Crippen LogP contribution in [0.3, 0.4) is 0 Å². The second kappa shape index (κ2) is 9.45. The van der Waals surface area contributed by atoms with Crippen LogP contribution in [0.4, 0.5) is 0 Å². The van der Waals surface area contributed by atoms with Gasteiger partial charge in [0.1, 0.15) is 5.75 Å². The SMILES string of the molecule is COc1cc(OC)c(OC)cc1CNC(=O)/C=C/c1ccc(-n2ccnc2)cc1. The molecule has 0 aliphatic rings. The molecule has 1 heterocycles. The van der Waals surface area contributed by atoms with E-state index >= 15 is 0 Å². The van der Waals surface area contributed by atoms with Gasteiger partial charge < -0.3 is 24.1 Å². The van der Waals surface area contributed by atoms with Gasteiger partial charge in [0.05, 0.1) is 27.7 Å². The molecule has 3 aromatic rings. The molecule has 29 heavy (non-hydrogen) atoms. The summed E-state index contributed by atoms with van der Waals surface area (Å²) in [6.45, 7) is 0.298. The number of methoxy groups -OCH3 is 3. The summed E-state index contributed by atoms with van der Waals surface area (Å²) >= 11 is 0. The van der Waals surface area contributed by atoms with E-state index in [-0.39, 0.29) is 5.91 Å². The Hall–Kier alpha value is -3.74. The highest BCUT2D eigenvalue weighted by atomic mass is 16.5. The van der Waals surface area contributed by atoms with Gasteiger partial charge in [-0.25, -0.2) is 4.98 Å². The number of imidazole rings is 1. The van der Waals surface area contributed by atoms with Gasteiger partial charge >= 0.3 is 0 Å². The van der Waals surface area contributed by atoms with Crippen LogP contribution in [0.2, 0.25) is 0 Å². The van der Waals surface area contributed by atoms with Crippen LogP contribution >= 0.6 is 0 Å². The monoisotopic (exact) mass is 393 g/mol. The largest absolute Gasteiger partial charge is 0.496 e. The first-order valence-corrected chi connectivity index (χ1v) is 8.97. The van der Waals surface area contributed by atoms with E-state index in [2.05, 4.69) is 10.3 Å². The van der Waals surface area contributed by atoms with Crippen molar-refractivity contribution >= 4 is 12.0 Å². The minimum Gasteiger partial charge on any atom is -0.496 e. The van der Waals surface area contributed by atoms with E-state index in [9.17, 15) is 4.79 Å². The normalized spacial score (nSPS) is 10.7. The Morgan fingerprint density at radius 2 is 1.72 bits per heavy atom. The molecule has 0 fully saturated rings. The van der Waals surface area contributed by atoms with E-state index in [4.69, 9.17) is 14.2 Å². The van der Waals surface area contributed by atoms with Crippen LogP contribution in [0.5, 0.6) is 17.2 Å². The third-order valence-corrected chi connectivity index (χ3v) is 4.36. The number of aromatic nitrogens is 2. The quantitative estimate of drug-likeness (QED) is 0.595. The van der Waals surface area contributed by atoms with Crippen molar-refractivity contribution in [1.82, 2.24) is 14.9 Å². The van der Waals surface area contributed by atoms with E-state index in [0.29, 0.717) is 23.8 Å². The van der Waals surface area contributed by atoms with Crippen LogP contribution in [0, 0.1) is 0 Å². The standard InChI is InChI=1S/C22H23N3O4/c1-27-19-13-21(29-3)20(28-2)12-17(19)14-24-22(26)9-6-16-4-7-18(8-5-16)25-11-10-23-15-25/h4-13,15H,14H2,1-3H3,(H,24,26)/b9-6+. The minimum absolute atomic E-state index is 0.208. The molecule has 0 radical (unpaired) electrons. The number of hydrogen-bond donors (Lipinski definition) is 1. The molecule has 2 aromatic carbocycles. The van der Waals surface area contributed by atoms with Crippen molar-refractivity contribution < 1.29 is 19.0 Å². The Balaban J connectivity index is 1.62. The van der Waals surface area contributed by atoms with Crippen molar-refractivity contribution in [2.24, 2.45) is 0 Å². The predicted octanol–water partition coefficient (Wildman–Crippen LogP) is 3.23. The fourth-order valence-electron chi connectivity index (χ4n) is 2.81. The van der Waals surface area contributed by atoms with Crippen molar-refractivity contribution in [3.63, 3.8) is 0 Å². The average molecular weight is 393 g/mol. The maximum absolute atomic E-state index is 12.2. The zero-order chi connectivity index (χ0) is 20.6. The molecule has 7 nitrogen and oxygen atoms in total. The van der Waals surface area contributed by atoms with Gasteiger partial charge in [-0.15, -0.1) is 0 Å². The van der Waals surface area contributed by atoms with Crippen LogP contribution in [0.1, 0.15) is 11.1 Å². The molecule has 0 aliphatic heterocycles. The van der Waals surface area contributed by atoms with Crippen molar-refractivity contribution in [2.75, 3.05) is 21.3 Å². The Kier molecular flexibility index (Phi) is 6.52. The van der Waals surface area contributed by atoms with Gasteiger partial charge in [0.25, 0.3) is 0 Å². The molecule has 3 rings (SSSR count). The van der Waals surface area contributed by atoms with Crippen LogP contribution in [-0.4, -0.2) is 36.8 Å². The zero-order valence-electron chi connectivity index (χ0n) is 16.6. The fraction of sp³-hybridized carbons (Fsp3) is 0.182. The lowest BCUT2D eigenvalue weighted by atomic mass is 10.1. The second-order valence-electron chi connectivity index (χ2n) is 6.13. The number of carbonyl (C=O) groups is 1. The second-order valence-corrected chi connectivity index (χ2v) is 6.13. The molecule has 0 saturated carbocycles. The first kappa shape index (κ1) is 20.0. The number of carbonyl (C=O) groups excluding carboxylic acids is 1. The van der Waals surface area contributed by atoms with E-state index in [1.165, 1.54) is 6.08 Å². The lowest BCUT2D eigenvalue weighted by Gasteiger charge is -2.14. The summed E-state index contributed by atoms with van der Waals surface area (Å²) in [6, 6.07) is 11.3. The van der Waals surface area contributed by atoms with E-state index in [1.807, 2.05) is 35.0 Å². The Labute approximate surface area is 169 Å². The highest BCUT2D eigenvalue weighted by molar-refractivity contribution is 5.91. The summed E-state index contributed by atoms with van der Waals surface area (Å²) in [5.74, 6) is 1.55. The third-order valence-electron chi connectivity index (χ3n) is 4.36. The third kappa shape index (κ3) is 4.95. The molecule has 0 saturated heterocycles. The molecule has 0 unspecified atom stereocenters. The summed E-state index contributed by atoms with van der Waals surface area (Å²) in [7, 11) is 4.69. The molecule has 0 atom stereocenters. The van der Waals surface area contributed by atoms with Gasteiger partial charge in [-0.05, 0) is 29.8 Å². The Morgan fingerprint density at radius 1 is 1.03 bits per heavy atom. The highest BCUT2D eigenvalue weighted by Gasteiger charge is 2.12. The summed E-state index contributed by atoms with van der Waals surface area (Å²) in [5.41, 5.74) is 2.72. The molecule has 1 amide bonds. The van der Waals surface area contributed by atoms with Crippen molar-refractivity contribution in [2.45, 2.75) is 6.54 Å². The summed E-state index contributed by atoms with van der Waals surface area (Å²) in [6.07, 6.45) is 8.60. The molecule has 7 heteroatoms. The van der Waals surface area contributed by atoms with Crippen molar-refractivity contribution in [1.29, 1.82) is 0 Å². The van der Waals surface area contributed by atoms with Crippen molar-refractivity contribution in [3.8, 4) is 22.9 Å². The average Bonchev–Trinajstić information content (AvgIpc) is 3.30. The van der Waals surface area contributed by atoms with Gasteiger partial charge in [-0.3, -0.25) is 4.79 Å². The van der Waals surface area contributed by atoms with Crippen LogP contribution < -0.4 is 19.5 Å². The number of amides is 1. The van der Waals surface area contributed by atoms with Crippen molar-refractivity contribution in [3.05, 3.63) is 72.3 Å². The summed E-state index contributed by atoms with van der Waals surface area (Å²) in [5, 5.41) is 2.85. The number of ether oxygens (including phenoxy) is 3. The molecular formula is C22H23N3O4. The fourth-order valence-corrected chi connectivity index (χ4v) is 2.81. The van der Waals surface area contributed by atoms with Gasteiger partial charge in [-0.2, -0.15) is 0 Å². The van der Waals surface area contributed by atoms with E-state index in [0.717, 1.165) is 16.8 Å². The molecule has 0 bridgehead atoms. The number of rotatable bonds is 8. The summed E-state index contributed by atoms with van der Waals surface area (Å²) < 4.78 is 17.9. The molecule has 1 N–H and O–H groups in total. The van der Waals surface area contributed by atoms with Gasteiger partial charge in [-0.1, -0.05) is 12.1 Å². The van der Waals surface area contributed by atoms with E-state index in [1.54, 1.807) is 52.1 Å². The van der Waals surface area contributed by atoms with E-state index < -0.39 is 0 Å².